The molecule has 0 aromatic carbocycles. The van der Waals surface area contributed by atoms with Gasteiger partial charge in [-0.3, -0.25) is 0 Å². The number of rotatable bonds is 4. The van der Waals surface area contributed by atoms with Gasteiger partial charge in [0.15, 0.2) is 0 Å². The molecule has 8 nitrogen and oxygen atoms in total. The van der Waals surface area contributed by atoms with Crippen molar-refractivity contribution in [2.75, 3.05) is 36.8 Å². The number of aryl methyl sites for hydroxylation is 1. The highest BCUT2D eigenvalue weighted by Crippen LogP contribution is 2.52. The molecule has 0 amide bonds. The lowest BCUT2D eigenvalue weighted by atomic mass is 9.60. The van der Waals surface area contributed by atoms with Gasteiger partial charge in [0.2, 0.25) is 5.95 Å². The number of aromatic nitrogens is 2. The van der Waals surface area contributed by atoms with E-state index in [0.29, 0.717) is 39.9 Å². The second kappa shape index (κ2) is 9.97. The Labute approximate surface area is 228 Å². The van der Waals surface area contributed by atoms with Gasteiger partial charge < -0.3 is 26.0 Å². The molecule has 1 aliphatic heterocycles. The normalized spacial score (nSPS) is 27.6. The number of aliphatic hydroxyl groups excluding tert-OH is 1. The molecule has 200 valence electrons. The van der Waals surface area contributed by atoms with Gasteiger partial charge in [-0.15, -0.1) is 11.3 Å². The van der Waals surface area contributed by atoms with Gasteiger partial charge in [-0.2, -0.15) is 5.26 Å². The van der Waals surface area contributed by atoms with E-state index in [1.54, 1.807) is 12.3 Å². The summed E-state index contributed by atoms with van der Waals surface area (Å²) in [6.07, 6.45) is 10.4. The fourth-order valence-electron chi connectivity index (χ4n) is 6.96. The predicted octanol–water partition coefficient (Wildman–Crippen LogP) is 5.05. The number of thiophene rings is 1. The van der Waals surface area contributed by atoms with E-state index in [9.17, 15) is 15.8 Å². The molecule has 6 rings (SSSR count). The lowest BCUT2D eigenvalue weighted by molar-refractivity contribution is 0.265. The first-order valence-corrected chi connectivity index (χ1v) is 14.9. The van der Waals surface area contributed by atoms with Crippen LogP contribution < -0.4 is 10.6 Å². The minimum absolute atomic E-state index is 0.0735. The number of aliphatic hydroxyl groups is 1. The smallest absolute Gasteiger partial charge is 0.226 e. The predicted molar refractivity (Wildman–Crippen MR) is 152 cm³/mol. The number of hydrogen-bond acceptors (Lipinski definition) is 9. The first kappa shape index (κ1) is 25.3. The van der Waals surface area contributed by atoms with Crippen LogP contribution in [-0.2, 0) is 11.8 Å². The molecule has 1 saturated heterocycles. The topological polar surface area (TPSA) is 126 Å². The third-order valence-electron chi connectivity index (χ3n) is 8.99. The second-order valence-electron chi connectivity index (χ2n) is 11.6. The van der Waals surface area contributed by atoms with E-state index in [0.717, 1.165) is 74.5 Å². The molecule has 3 fully saturated rings. The Balaban J connectivity index is 1.31. The fraction of sp³-hybridized carbons (Fsp3) is 0.586. The van der Waals surface area contributed by atoms with Gasteiger partial charge >= 0.3 is 0 Å². The van der Waals surface area contributed by atoms with Crippen molar-refractivity contribution in [3.63, 3.8) is 0 Å². The standard InChI is InChI=1S/C29H37N7OS/c1-18-16-35(17-19-7-8-19)13-4-14-36(18)28-33-12-9-22(34-28)25(37)20-5-2-10-29(26(20)31)11-3-6-23-24(29)21(15-30)27(32)38-23/h9,12,18-19,31,37H,2-8,10-11,13-14,16-17,32H2,1H3/b25-20-,31-26?/t18-,29-/m0/s1. The first-order valence-electron chi connectivity index (χ1n) is 14.1. The van der Waals surface area contributed by atoms with E-state index < -0.39 is 5.41 Å². The van der Waals surface area contributed by atoms with E-state index in [1.807, 2.05) is 0 Å². The molecule has 2 atom stereocenters. The van der Waals surface area contributed by atoms with Crippen LogP contribution in [0.15, 0.2) is 17.8 Å². The van der Waals surface area contributed by atoms with Crippen LogP contribution in [-0.4, -0.2) is 57.9 Å². The van der Waals surface area contributed by atoms with Crippen molar-refractivity contribution in [1.82, 2.24) is 14.9 Å². The van der Waals surface area contributed by atoms with Crippen molar-refractivity contribution in [1.29, 1.82) is 10.7 Å². The molecule has 2 aromatic rings. The zero-order valence-corrected chi connectivity index (χ0v) is 23.0. The molecular formula is C29H37N7OS. The van der Waals surface area contributed by atoms with E-state index >= 15 is 0 Å². The highest BCUT2D eigenvalue weighted by molar-refractivity contribution is 7.16. The lowest BCUT2D eigenvalue weighted by Crippen LogP contribution is -2.42. The van der Waals surface area contributed by atoms with Crippen molar-refractivity contribution < 1.29 is 5.11 Å². The van der Waals surface area contributed by atoms with Gasteiger partial charge in [-0.05, 0) is 88.8 Å². The molecule has 3 aliphatic carbocycles. The number of nitrogens with two attached hydrogens (primary N) is 1. The molecule has 4 N–H and O–H groups in total. The molecule has 0 unspecified atom stereocenters. The van der Waals surface area contributed by atoms with Gasteiger partial charge in [0.25, 0.3) is 0 Å². The van der Waals surface area contributed by atoms with Crippen molar-refractivity contribution in [3.05, 3.63) is 39.5 Å². The van der Waals surface area contributed by atoms with Crippen LogP contribution in [0, 0.1) is 22.7 Å². The van der Waals surface area contributed by atoms with Crippen LogP contribution in [0.25, 0.3) is 5.76 Å². The minimum Gasteiger partial charge on any atom is -0.505 e. The van der Waals surface area contributed by atoms with E-state index in [1.165, 1.54) is 30.7 Å². The highest BCUT2D eigenvalue weighted by atomic mass is 32.1. The van der Waals surface area contributed by atoms with E-state index in [2.05, 4.69) is 27.8 Å². The molecule has 0 radical (unpaired) electrons. The molecule has 3 heterocycles. The molecule has 1 spiro atoms. The Morgan fingerprint density at radius 1 is 1.26 bits per heavy atom. The summed E-state index contributed by atoms with van der Waals surface area (Å²) in [5, 5.41) is 31.3. The van der Waals surface area contributed by atoms with Crippen molar-refractivity contribution >= 4 is 33.8 Å². The van der Waals surface area contributed by atoms with Crippen molar-refractivity contribution in [2.24, 2.45) is 5.92 Å². The van der Waals surface area contributed by atoms with Crippen LogP contribution in [0.5, 0.6) is 0 Å². The number of anilines is 2. The number of nitrogen functional groups attached to an aromatic ring is 1. The van der Waals surface area contributed by atoms with Crippen LogP contribution in [0.3, 0.4) is 0 Å². The Bertz CT molecular complexity index is 1320. The minimum atomic E-state index is -0.561. The van der Waals surface area contributed by atoms with Crippen LogP contribution in [0.4, 0.5) is 10.9 Å². The number of fused-ring (bicyclic) bond motifs is 2. The van der Waals surface area contributed by atoms with Crippen LogP contribution in [0.2, 0.25) is 0 Å². The van der Waals surface area contributed by atoms with Gasteiger partial charge in [0.05, 0.1) is 5.56 Å². The molecule has 9 heteroatoms. The summed E-state index contributed by atoms with van der Waals surface area (Å²) in [4.78, 5) is 15.4. The third kappa shape index (κ3) is 4.38. The fourth-order valence-corrected chi connectivity index (χ4v) is 8.12. The molecule has 0 bridgehead atoms. The Morgan fingerprint density at radius 2 is 2.05 bits per heavy atom. The summed E-state index contributed by atoms with van der Waals surface area (Å²) in [7, 11) is 0. The lowest BCUT2D eigenvalue weighted by Gasteiger charge is -2.42. The summed E-state index contributed by atoms with van der Waals surface area (Å²) >= 11 is 1.49. The maximum atomic E-state index is 11.5. The molecule has 38 heavy (non-hydrogen) atoms. The largest absolute Gasteiger partial charge is 0.505 e. The van der Waals surface area contributed by atoms with Gasteiger partial charge in [0, 0.05) is 53.4 Å². The van der Waals surface area contributed by atoms with Crippen LogP contribution in [0.1, 0.15) is 80.0 Å². The Kier molecular flexibility index (Phi) is 6.65. The van der Waals surface area contributed by atoms with Gasteiger partial charge in [-0.25, -0.2) is 9.97 Å². The monoisotopic (exact) mass is 531 g/mol. The molecule has 2 saturated carbocycles. The van der Waals surface area contributed by atoms with E-state index in [4.69, 9.17) is 10.7 Å². The average molecular weight is 532 g/mol. The number of nitrogens with one attached hydrogen (secondary N) is 1. The summed E-state index contributed by atoms with van der Waals surface area (Å²) < 4.78 is 0. The Morgan fingerprint density at radius 3 is 2.82 bits per heavy atom. The maximum Gasteiger partial charge on any atom is 0.226 e. The van der Waals surface area contributed by atoms with Gasteiger partial charge in [-0.1, -0.05) is 0 Å². The SMILES string of the molecule is C[C@H]1CN(CC2CC2)CCCN1c1nccc(/C(O)=C2\CCC[C@@]3(CCCc4sc(N)c(C#N)c43)C2=N)n1. The Hall–Kier alpha value is -2.96. The molecule has 2 aromatic heterocycles. The second-order valence-corrected chi connectivity index (χ2v) is 12.7. The zero-order valence-electron chi connectivity index (χ0n) is 22.2. The average Bonchev–Trinajstić information content (AvgIpc) is 3.69. The van der Waals surface area contributed by atoms with Crippen molar-refractivity contribution in [2.45, 2.75) is 76.2 Å². The number of hydrogen-bond donors (Lipinski definition) is 3. The third-order valence-corrected chi connectivity index (χ3v) is 10.1. The molecule has 4 aliphatic rings. The van der Waals surface area contributed by atoms with Gasteiger partial charge in [0.1, 0.15) is 22.5 Å². The highest BCUT2D eigenvalue weighted by Gasteiger charge is 2.47. The number of nitrogens with zero attached hydrogens (tertiary/aromatic N) is 5. The number of allylic oxidation sites excluding steroid dienone is 1. The quantitative estimate of drug-likeness (QED) is 0.471. The van der Waals surface area contributed by atoms with E-state index in [-0.39, 0.29) is 11.8 Å². The summed E-state index contributed by atoms with van der Waals surface area (Å²) in [6.45, 7) is 6.42. The summed E-state index contributed by atoms with van der Waals surface area (Å²) in [5.74, 6) is 1.59. The zero-order chi connectivity index (χ0) is 26.4. The first-order chi connectivity index (χ1) is 18.4. The molecular weight excluding hydrogens is 494 g/mol. The maximum absolute atomic E-state index is 11.5. The number of nitriles is 1. The van der Waals surface area contributed by atoms with Crippen molar-refractivity contribution in [3.8, 4) is 6.07 Å². The van der Waals surface area contributed by atoms with Crippen LogP contribution >= 0.6 is 11.3 Å². The summed E-state index contributed by atoms with van der Waals surface area (Å²) in [5.41, 5.74) is 8.69. The summed E-state index contributed by atoms with van der Waals surface area (Å²) in [6, 6.07) is 4.35.